The van der Waals surface area contributed by atoms with Crippen LogP contribution in [0, 0.1) is 0 Å². The lowest BCUT2D eigenvalue weighted by Crippen LogP contribution is -2.30. The van der Waals surface area contributed by atoms with Gasteiger partial charge in [0.1, 0.15) is 5.69 Å². The number of nitrogens with one attached hydrogen (secondary N) is 1. The van der Waals surface area contributed by atoms with Gasteiger partial charge in [0.2, 0.25) is 0 Å². The zero-order valence-electron chi connectivity index (χ0n) is 13.3. The molecule has 0 aromatic carbocycles. The lowest BCUT2D eigenvalue weighted by molar-refractivity contribution is -0.124. The minimum absolute atomic E-state index is 0.119. The maximum atomic E-state index is 12.1. The Morgan fingerprint density at radius 2 is 2.16 bits per heavy atom. The van der Waals surface area contributed by atoms with E-state index in [1.807, 2.05) is 0 Å². The highest BCUT2D eigenvalue weighted by molar-refractivity contribution is 5.90. The van der Waals surface area contributed by atoms with Crippen molar-refractivity contribution in [2.45, 2.75) is 32.0 Å². The molecule has 1 aliphatic rings. The SMILES string of the molecule is O=C(O)c1c2c(nn1CCCNCC(F)(F)F)-c1ccncc1CC2. The Bertz CT molecular complexity index is 786. The monoisotopic (exact) mass is 354 g/mol. The quantitative estimate of drug-likeness (QED) is 0.778. The minimum Gasteiger partial charge on any atom is -0.477 e. The van der Waals surface area contributed by atoms with E-state index in [0.717, 1.165) is 11.1 Å². The predicted molar refractivity (Wildman–Crippen MR) is 83.4 cm³/mol. The average Bonchev–Trinajstić information content (AvgIpc) is 2.92. The molecule has 25 heavy (non-hydrogen) atoms. The second-order valence-electron chi connectivity index (χ2n) is 5.88. The number of rotatable bonds is 6. The van der Waals surface area contributed by atoms with Crippen LogP contribution in [-0.4, -0.2) is 45.1 Å². The van der Waals surface area contributed by atoms with Crippen molar-refractivity contribution in [2.75, 3.05) is 13.1 Å². The van der Waals surface area contributed by atoms with Gasteiger partial charge in [-0.1, -0.05) is 0 Å². The minimum atomic E-state index is -4.26. The molecule has 3 rings (SSSR count). The van der Waals surface area contributed by atoms with Crippen molar-refractivity contribution in [3.8, 4) is 11.3 Å². The number of carbonyl (C=O) groups is 1. The number of carboxylic acids is 1. The normalized spacial score (nSPS) is 13.4. The van der Waals surface area contributed by atoms with Crippen LogP contribution in [0.15, 0.2) is 18.5 Å². The number of aromatic nitrogens is 3. The molecule has 0 spiro atoms. The Hall–Kier alpha value is -2.42. The summed E-state index contributed by atoms with van der Waals surface area (Å²) in [6, 6.07) is 1.81. The molecule has 0 aliphatic heterocycles. The van der Waals surface area contributed by atoms with E-state index in [2.05, 4.69) is 15.4 Å². The van der Waals surface area contributed by atoms with Crippen LogP contribution < -0.4 is 5.32 Å². The van der Waals surface area contributed by atoms with E-state index in [4.69, 9.17) is 0 Å². The Morgan fingerprint density at radius 3 is 2.88 bits per heavy atom. The third kappa shape index (κ3) is 3.81. The zero-order valence-corrected chi connectivity index (χ0v) is 13.3. The molecule has 0 radical (unpaired) electrons. The van der Waals surface area contributed by atoms with Crippen molar-refractivity contribution in [1.29, 1.82) is 0 Å². The van der Waals surface area contributed by atoms with E-state index in [0.29, 0.717) is 30.5 Å². The van der Waals surface area contributed by atoms with Gasteiger partial charge in [-0.25, -0.2) is 4.79 Å². The molecule has 2 aromatic rings. The zero-order chi connectivity index (χ0) is 18.0. The number of aromatic carboxylic acids is 1. The van der Waals surface area contributed by atoms with Gasteiger partial charge in [-0.2, -0.15) is 18.3 Å². The number of pyridine rings is 1. The third-order valence-corrected chi connectivity index (χ3v) is 4.11. The van der Waals surface area contributed by atoms with Crippen molar-refractivity contribution in [2.24, 2.45) is 0 Å². The summed E-state index contributed by atoms with van der Waals surface area (Å²) in [6.45, 7) is -0.696. The number of halogens is 3. The first kappa shape index (κ1) is 17.4. The van der Waals surface area contributed by atoms with Gasteiger partial charge in [-0.3, -0.25) is 9.67 Å². The Morgan fingerprint density at radius 1 is 1.36 bits per heavy atom. The van der Waals surface area contributed by atoms with Crippen LogP contribution in [0.1, 0.15) is 28.0 Å². The average molecular weight is 354 g/mol. The van der Waals surface area contributed by atoms with E-state index >= 15 is 0 Å². The summed E-state index contributed by atoms with van der Waals surface area (Å²) < 4.78 is 37.7. The number of fused-ring (bicyclic) bond motifs is 3. The molecule has 6 nitrogen and oxygen atoms in total. The fourth-order valence-corrected chi connectivity index (χ4v) is 3.05. The molecular weight excluding hydrogens is 337 g/mol. The number of hydrogen-bond acceptors (Lipinski definition) is 4. The molecule has 0 saturated heterocycles. The molecular formula is C16H17F3N4O2. The Balaban J connectivity index is 1.77. The molecule has 9 heteroatoms. The van der Waals surface area contributed by atoms with Crippen LogP contribution in [0.3, 0.4) is 0 Å². The maximum Gasteiger partial charge on any atom is 0.401 e. The van der Waals surface area contributed by atoms with Gasteiger partial charge >= 0.3 is 12.1 Å². The fourth-order valence-electron chi connectivity index (χ4n) is 3.05. The van der Waals surface area contributed by atoms with E-state index in [9.17, 15) is 23.1 Å². The second-order valence-corrected chi connectivity index (χ2v) is 5.88. The van der Waals surface area contributed by atoms with E-state index in [-0.39, 0.29) is 18.8 Å². The molecule has 1 aliphatic carbocycles. The Labute approximate surface area is 141 Å². The van der Waals surface area contributed by atoms with Gasteiger partial charge in [0.15, 0.2) is 0 Å². The fraction of sp³-hybridized carbons (Fsp3) is 0.438. The first-order valence-corrected chi connectivity index (χ1v) is 7.90. The predicted octanol–water partition coefficient (Wildman–Crippen LogP) is 2.28. The van der Waals surface area contributed by atoms with Gasteiger partial charge in [0, 0.05) is 30.1 Å². The van der Waals surface area contributed by atoms with Crippen molar-refractivity contribution in [1.82, 2.24) is 20.1 Å². The first-order chi connectivity index (χ1) is 11.9. The van der Waals surface area contributed by atoms with Crippen molar-refractivity contribution < 1.29 is 23.1 Å². The van der Waals surface area contributed by atoms with Crippen LogP contribution in [0.2, 0.25) is 0 Å². The first-order valence-electron chi connectivity index (χ1n) is 7.90. The van der Waals surface area contributed by atoms with Crippen LogP contribution >= 0.6 is 0 Å². The highest BCUT2D eigenvalue weighted by atomic mass is 19.4. The van der Waals surface area contributed by atoms with Gasteiger partial charge in [-0.05, 0) is 37.4 Å². The highest BCUT2D eigenvalue weighted by Crippen LogP contribution is 2.34. The molecule has 0 saturated carbocycles. The molecule has 0 fully saturated rings. The molecule has 0 amide bonds. The molecule has 2 heterocycles. The van der Waals surface area contributed by atoms with Gasteiger partial charge in [0.25, 0.3) is 0 Å². The van der Waals surface area contributed by atoms with Crippen molar-refractivity contribution in [3.05, 3.63) is 35.3 Å². The summed E-state index contributed by atoms with van der Waals surface area (Å²) in [7, 11) is 0. The summed E-state index contributed by atoms with van der Waals surface area (Å²) in [5.74, 6) is -1.07. The number of aryl methyl sites for hydroxylation is 2. The second kappa shape index (κ2) is 6.83. The van der Waals surface area contributed by atoms with Crippen LogP contribution in [0.5, 0.6) is 0 Å². The molecule has 0 unspecified atom stereocenters. The summed E-state index contributed by atoms with van der Waals surface area (Å²) in [5.41, 5.74) is 3.31. The maximum absolute atomic E-state index is 12.1. The van der Waals surface area contributed by atoms with Gasteiger partial charge < -0.3 is 10.4 Å². The van der Waals surface area contributed by atoms with E-state index in [1.54, 1.807) is 18.5 Å². The lowest BCUT2D eigenvalue weighted by Gasteiger charge is -2.14. The summed E-state index contributed by atoms with van der Waals surface area (Å²) in [6.07, 6.45) is 0.722. The Kier molecular flexibility index (Phi) is 4.76. The van der Waals surface area contributed by atoms with E-state index < -0.39 is 18.7 Å². The number of carboxylic acid groups (broad SMARTS) is 1. The van der Waals surface area contributed by atoms with Gasteiger partial charge in [0.05, 0.1) is 12.2 Å². The standard InChI is InChI=1S/C16H17F3N4O2/c17-16(18,19)9-21-5-1-7-23-14(15(24)25)12-3-2-10-8-20-6-4-11(10)13(12)22-23/h4,6,8,21H,1-3,5,7,9H2,(H,24,25). The smallest absolute Gasteiger partial charge is 0.401 e. The third-order valence-electron chi connectivity index (χ3n) is 4.11. The van der Waals surface area contributed by atoms with Crippen molar-refractivity contribution >= 4 is 5.97 Å². The molecule has 0 bridgehead atoms. The van der Waals surface area contributed by atoms with Crippen LogP contribution in [-0.2, 0) is 19.4 Å². The molecule has 134 valence electrons. The molecule has 0 atom stereocenters. The highest BCUT2D eigenvalue weighted by Gasteiger charge is 2.28. The van der Waals surface area contributed by atoms with Crippen molar-refractivity contribution in [3.63, 3.8) is 0 Å². The summed E-state index contributed by atoms with van der Waals surface area (Å²) in [4.78, 5) is 15.7. The van der Waals surface area contributed by atoms with Crippen LogP contribution in [0.25, 0.3) is 11.3 Å². The topological polar surface area (TPSA) is 80.0 Å². The number of alkyl halides is 3. The summed E-state index contributed by atoms with van der Waals surface area (Å²) in [5, 5.41) is 16.2. The molecule has 2 N–H and O–H groups in total. The molecule has 2 aromatic heterocycles. The van der Waals surface area contributed by atoms with E-state index in [1.165, 1.54) is 4.68 Å². The van der Waals surface area contributed by atoms with Crippen LogP contribution in [0.4, 0.5) is 13.2 Å². The number of hydrogen-bond donors (Lipinski definition) is 2. The number of nitrogens with zero attached hydrogens (tertiary/aromatic N) is 3. The summed E-state index contributed by atoms with van der Waals surface area (Å²) >= 11 is 0. The lowest BCUT2D eigenvalue weighted by atomic mass is 9.90. The van der Waals surface area contributed by atoms with Gasteiger partial charge in [-0.15, -0.1) is 0 Å². The largest absolute Gasteiger partial charge is 0.477 e.